The fraction of sp³-hybridized carbons (Fsp3) is 0.0667. The fourth-order valence-electron chi connectivity index (χ4n) is 4.06. The van der Waals surface area contributed by atoms with Crippen molar-refractivity contribution < 1.29 is 42.4 Å². The number of para-hydroxylation sites is 1. The minimum absolute atomic E-state index is 0.150. The van der Waals surface area contributed by atoms with Gasteiger partial charge in [0.25, 0.3) is 0 Å². The molecule has 5 rings (SSSR count). The Bertz CT molecular complexity index is 1750. The normalized spacial score (nSPS) is 11.2. The third-order valence-corrected chi connectivity index (χ3v) is 6.04. The molecule has 0 bridgehead atoms. The number of hydrogen-bond donors (Lipinski definition) is 2. The van der Waals surface area contributed by atoms with Crippen molar-refractivity contribution in [1.29, 1.82) is 0 Å². The van der Waals surface area contributed by atoms with Crippen molar-refractivity contribution in [3.8, 4) is 34.3 Å². The molecule has 0 amide bonds. The van der Waals surface area contributed by atoms with Crippen LogP contribution in [0.25, 0.3) is 17.1 Å². The molecule has 0 unspecified atom stereocenters. The van der Waals surface area contributed by atoms with E-state index in [9.17, 15) is 27.9 Å². The Morgan fingerprint density at radius 1 is 0.810 bits per heavy atom. The van der Waals surface area contributed by atoms with Gasteiger partial charge in [0.05, 0.1) is 17.5 Å². The van der Waals surface area contributed by atoms with Gasteiger partial charge in [-0.3, -0.25) is 0 Å². The molecule has 2 aromatic heterocycles. The van der Waals surface area contributed by atoms with Crippen LogP contribution in [-0.4, -0.2) is 36.9 Å². The van der Waals surface area contributed by atoms with Crippen molar-refractivity contribution in [3.05, 3.63) is 120 Å². The average Bonchev–Trinajstić information content (AvgIpc) is 3.44. The number of halogens is 3. The van der Waals surface area contributed by atoms with Gasteiger partial charge in [0.15, 0.2) is 11.5 Å². The van der Waals surface area contributed by atoms with Crippen molar-refractivity contribution in [1.82, 2.24) is 14.8 Å². The molecule has 9 nitrogen and oxygen atoms in total. The van der Waals surface area contributed by atoms with Gasteiger partial charge in [0.1, 0.15) is 29.4 Å². The Labute approximate surface area is 236 Å². The highest BCUT2D eigenvalue weighted by atomic mass is 19.4. The van der Waals surface area contributed by atoms with Gasteiger partial charge in [-0.15, -0.1) is 0 Å². The van der Waals surface area contributed by atoms with E-state index < -0.39 is 29.4 Å². The Kier molecular flexibility index (Phi) is 7.61. The van der Waals surface area contributed by atoms with Crippen molar-refractivity contribution in [2.75, 3.05) is 0 Å². The number of carbonyl (C=O) groups is 2. The number of pyridine rings is 1. The molecule has 2 heterocycles. The minimum Gasteiger partial charge on any atom is -0.488 e. The van der Waals surface area contributed by atoms with Crippen molar-refractivity contribution in [2.24, 2.45) is 0 Å². The SMILES string of the molecule is O=C(O)c1ccc(Oc2ccc(COc3ccccc3-c3cccc(-n4ncc(C(=O)O)c4C(F)(F)F)n3)cc2)cc1. The summed E-state index contributed by atoms with van der Waals surface area (Å²) in [5.74, 6) is -1.56. The third-order valence-electron chi connectivity index (χ3n) is 6.04. The zero-order chi connectivity index (χ0) is 29.9. The number of carboxylic acid groups (broad SMARTS) is 2. The lowest BCUT2D eigenvalue weighted by molar-refractivity contribution is -0.143. The van der Waals surface area contributed by atoms with E-state index in [4.69, 9.17) is 14.6 Å². The van der Waals surface area contributed by atoms with E-state index >= 15 is 0 Å². The number of aromatic carboxylic acids is 2. The maximum atomic E-state index is 13.7. The first-order chi connectivity index (χ1) is 20.1. The van der Waals surface area contributed by atoms with E-state index in [1.807, 2.05) is 0 Å². The van der Waals surface area contributed by atoms with Gasteiger partial charge < -0.3 is 19.7 Å². The van der Waals surface area contributed by atoms with Gasteiger partial charge in [0, 0.05) is 5.56 Å². The molecule has 0 saturated carbocycles. The second kappa shape index (κ2) is 11.5. The second-order valence-corrected chi connectivity index (χ2v) is 8.86. The van der Waals surface area contributed by atoms with Gasteiger partial charge in [-0.1, -0.05) is 30.3 Å². The fourth-order valence-corrected chi connectivity index (χ4v) is 4.06. The molecule has 0 spiro atoms. The first-order valence-electron chi connectivity index (χ1n) is 12.3. The van der Waals surface area contributed by atoms with E-state index in [1.54, 1.807) is 66.7 Å². The number of hydrogen-bond acceptors (Lipinski definition) is 6. The van der Waals surface area contributed by atoms with Crippen LogP contribution in [0.3, 0.4) is 0 Å². The molecule has 0 fully saturated rings. The van der Waals surface area contributed by atoms with E-state index in [2.05, 4.69) is 10.1 Å². The number of rotatable bonds is 9. The molecule has 0 aliphatic carbocycles. The number of aromatic nitrogens is 3. The van der Waals surface area contributed by atoms with Crippen LogP contribution in [0, 0.1) is 0 Å². The topological polar surface area (TPSA) is 124 Å². The summed E-state index contributed by atoms with van der Waals surface area (Å²) in [7, 11) is 0. The molecule has 0 aliphatic rings. The zero-order valence-electron chi connectivity index (χ0n) is 21.4. The summed E-state index contributed by atoms with van der Waals surface area (Å²) in [5.41, 5.74) is -0.672. The first kappa shape index (κ1) is 27.9. The Balaban J connectivity index is 1.33. The van der Waals surface area contributed by atoms with E-state index in [-0.39, 0.29) is 18.0 Å². The molecule has 0 radical (unpaired) electrons. The summed E-state index contributed by atoms with van der Waals surface area (Å²) in [4.78, 5) is 26.7. The van der Waals surface area contributed by atoms with E-state index in [0.29, 0.717) is 39.4 Å². The molecular weight excluding hydrogens is 555 g/mol. The van der Waals surface area contributed by atoms with E-state index in [1.165, 1.54) is 24.3 Å². The quantitative estimate of drug-likeness (QED) is 0.199. The summed E-state index contributed by atoms with van der Waals surface area (Å²) in [6.07, 6.45) is -4.34. The van der Waals surface area contributed by atoms with E-state index in [0.717, 1.165) is 5.56 Å². The predicted octanol–water partition coefficient (Wildman–Crippen LogP) is 6.72. The minimum atomic E-state index is -4.98. The van der Waals surface area contributed by atoms with Crippen LogP contribution in [0.15, 0.2) is 97.2 Å². The molecule has 0 aliphatic heterocycles. The summed E-state index contributed by atoms with van der Waals surface area (Å²) in [5, 5.41) is 21.9. The van der Waals surface area contributed by atoms with Crippen LogP contribution in [0.2, 0.25) is 0 Å². The summed E-state index contributed by atoms with van der Waals surface area (Å²) >= 11 is 0. The maximum absolute atomic E-state index is 13.7. The largest absolute Gasteiger partial charge is 0.488 e. The number of alkyl halides is 3. The molecule has 0 saturated heterocycles. The maximum Gasteiger partial charge on any atom is 0.434 e. The van der Waals surface area contributed by atoms with Gasteiger partial charge in [-0.05, 0) is 66.2 Å². The molecule has 5 aromatic rings. The van der Waals surface area contributed by atoms with Crippen molar-refractivity contribution >= 4 is 11.9 Å². The Morgan fingerprint density at radius 2 is 1.48 bits per heavy atom. The highest BCUT2D eigenvalue weighted by Crippen LogP contribution is 2.35. The van der Waals surface area contributed by atoms with Crippen molar-refractivity contribution in [2.45, 2.75) is 12.8 Å². The summed E-state index contributed by atoms with van der Waals surface area (Å²) < 4.78 is 53.4. The average molecular weight is 575 g/mol. The number of carboxylic acids is 2. The van der Waals surface area contributed by atoms with Crippen LogP contribution < -0.4 is 9.47 Å². The lowest BCUT2D eigenvalue weighted by Crippen LogP contribution is -2.18. The molecule has 0 atom stereocenters. The standard InChI is InChI=1S/C30H20F3N3O6/c31-30(32,33)27-23(29(39)40)16-34-36(27)26-7-3-5-24(35-26)22-4-1-2-6-25(22)41-17-18-8-12-20(13-9-18)42-21-14-10-19(11-15-21)28(37)38/h1-16H,17H2,(H,37,38)(H,39,40). The highest BCUT2D eigenvalue weighted by molar-refractivity contribution is 5.89. The van der Waals surface area contributed by atoms with Gasteiger partial charge in [0.2, 0.25) is 0 Å². The molecule has 3 aromatic carbocycles. The highest BCUT2D eigenvalue weighted by Gasteiger charge is 2.41. The van der Waals surface area contributed by atoms with Crippen LogP contribution in [0.5, 0.6) is 17.2 Å². The van der Waals surface area contributed by atoms with Crippen LogP contribution >= 0.6 is 0 Å². The van der Waals surface area contributed by atoms with Gasteiger partial charge >= 0.3 is 18.1 Å². The third kappa shape index (κ3) is 6.07. The second-order valence-electron chi connectivity index (χ2n) is 8.86. The molecule has 12 heteroatoms. The van der Waals surface area contributed by atoms with Gasteiger partial charge in [-0.25, -0.2) is 19.3 Å². The lowest BCUT2D eigenvalue weighted by atomic mass is 10.1. The number of benzene rings is 3. The van der Waals surface area contributed by atoms with Gasteiger partial charge in [-0.2, -0.15) is 18.3 Å². The Morgan fingerprint density at radius 3 is 2.12 bits per heavy atom. The zero-order valence-corrected chi connectivity index (χ0v) is 21.4. The Hall–Kier alpha value is -5.65. The molecule has 42 heavy (non-hydrogen) atoms. The predicted molar refractivity (Wildman–Crippen MR) is 143 cm³/mol. The first-order valence-corrected chi connectivity index (χ1v) is 12.3. The van der Waals surface area contributed by atoms with Crippen LogP contribution in [-0.2, 0) is 12.8 Å². The monoisotopic (exact) mass is 575 g/mol. The molecular formula is C30H20F3N3O6. The number of ether oxygens (including phenoxy) is 2. The molecule has 212 valence electrons. The van der Waals surface area contributed by atoms with Crippen LogP contribution in [0.4, 0.5) is 13.2 Å². The smallest absolute Gasteiger partial charge is 0.434 e. The summed E-state index contributed by atoms with van der Waals surface area (Å²) in [6, 6.07) is 24.3. The summed E-state index contributed by atoms with van der Waals surface area (Å²) in [6.45, 7) is 0.156. The number of nitrogens with zero attached hydrogens (tertiary/aromatic N) is 3. The van der Waals surface area contributed by atoms with Crippen molar-refractivity contribution in [3.63, 3.8) is 0 Å². The molecule has 2 N–H and O–H groups in total. The van der Waals surface area contributed by atoms with Crippen LogP contribution in [0.1, 0.15) is 32.0 Å². The lowest BCUT2D eigenvalue weighted by Gasteiger charge is -2.14.